The Kier molecular flexibility index (Phi) is 2.65. The Morgan fingerprint density at radius 1 is 1.53 bits per heavy atom. The molecule has 0 spiro atoms. The summed E-state index contributed by atoms with van der Waals surface area (Å²) in [7, 11) is 1.40. The zero-order valence-corrected chi connectivity index (χ0v) is 9.25. The molecule has 0 amide bonds. The molecule has 0 bridgehead atoms. The third-order valence-electron chi connectivity index (χ3n) is 3.50. The molecule has 0 aromatic rings. The molecular formula is C12H17NO2. The number of allylic oxidation sites excluding steroid dienone is 2. The van der Waals surface area contributed by atoms with Crippen molar-refractivity contribution in [2.24, 2.45) is 11.7 Å². The number of methoxy groups -OCH3 is 1. The molecule has 2 aliphatic rings. The van der Waals surface area contributed by atoms with E-state index >= 15 is 0 Å². The summed E-state index contributed by atoms with van der Waals surface area (Å²) in [4.78, 5) is 11.5. The molecule has 15 heavy (non-hydrogen) atoms. The van der Waals surface area contributed by atoms with Gasteiger partial charge in [-0.2, -0.15) is 0 Å². The molecule has 2 N–H and O–H groups in total. The van der Waals surface area contributed by atoms with Crippen LogP contribution in [0.15, 0.2) is 22.8 Å². The van der Waals surface area contributed by atoms with Gasteiger partial charge in [0.25, 0.3) is 0 Å². The summed E-state index contributed by atoms with van der Waals surface area (Å²) in [5.74, 6) is -0.00519. The highest BCUT2D eigenvalue weighted by molar-refractivity contribution is 5.91. The van der Waals surface area contributed by atoms with Gasteiger partial charge in [-0.25, -0.2) is 4.79 Å². The number of hydrogen-bond donors (Lipinski definition) is 1. The summed E-state index contributed by atoms with van der Waals surface area (Å²) < 4.78 is 4.75. The number of hydrogen-bond acceptors (Lipinski definition) is 3. The van der Waals surface area contributed by atoms with E-state index in [-0.39, 0.29) is 17.9 Å². The Morgan fingerprint density at radius 2 is 2.27 bits per heavy atom. The van der Waals surface area contributed by atoms with Crippen molar-refractivity contribution in [2.45, 2.75) is 32.2 Å². The van der Waals surface area contributed by atoms with E-state index in [1.807, 2.05) is 6.08 Å². The molecular weight excluding hydrogens is 190 g/mol. The van der Waals surface area contributed by atoms with Crippen LogP contribution in [0.5, 0.6) is 0 Å². The van der Waals surface area contributed by atoms with Crippen molar-refractivity contribution >= 4 is 5.97 Å². The minimum Gasteiger partial charge on any atom is -0.466 e. The van der Waals surface area contributed by atoms with Crippen LogP contribution in [0, 0.1) is 5.92 Å². The predicted molar refractivity (Wildman–Crippen MR) is 58.1 cm³/mol. The first kappa shape index (κ1) is 10.4. The van der Waals surface area contributed by atoms with E-state index < -0.39 is 0 Å². The third-order valence-corrected chi connectivity index (χ3v) is 3.50. The largest absolute Gasteiger partial charge is 0.466 e. The summed E-state index contributed by atoms with van der Waals surface area (Å²) in [6.45, 7) is 2.10. The molecule has 0 heterocycles. The van der Waals surface area contributed by atoms with Gasteiger partial charge in [-0.3, -0.25) is 0 Å². The first-order chi connectivity index (χ1) is 7.15. The highest BCUT2D eigenvalue weighted by Crippen LogP contribution is 2.39. The average molecular weight is 207 g/mol. The van der Waals surface area contributed by atoms with Gasteiger partial charge in [-0.15, -0.1) is 0 Å². The summed E-state index contributed by atoms with van der Waals surface area (Å²) in [5, 5.41) is 0. The molecule has 3 heteroatoms. The van der Waals surface area contributed by atoms with Crippen LogP contribution in [0.1, 0.15) is 26.2 Å². The summed E-state index contributed by atoms with van der Waals surface area (Å²) in [5.41, 5.74) is 9.43. The maximum Gasteiger partial charge on any atom is 0.335 e. The number of esters is 1. The second kappa shape index (κ2) is 3.81. The molecule has 2 rings (SSSR count). The normalized spacial score (nSPS) is 29.9. The van der Waals surface area contributed by atoms with Crippen LogP contribution >= 0.6 is 0 Å². The highest BCUT2D eigenvalue weighted by atomic mass is 16.5. The van der Waals surface area contributed by atoms with Crippen LogP contribution in [-0.4, -0.2) is 19.1 Å². The van der Waals surface area contributed by atoms with Crippen molar-refractivity contribution in [2.75, 3.05) is 7.11 Å². The van der Waals surface area contributed by atoms with Crippen LogP contribution < -0.4 is 5.73 Å². The number of carbonyl (C=O) groups excluding carboxylic acids is 1. The summed E-state index contributed by atoms with van der Waals surface area (Å²) in [6.07, 6.45) is 5.34. The van der Waals surface area contributed by atoms with Gasteiger partial charge in [-0.05, 0) is 36.8 Å². The van der Waals surface area contributed by atoms with Gasteiger partial charge < -0.3 is 10.5 Å². The number of carbonyl (C=O) groups is 1. The number of rotatable bonds is 1. The molecule has 0 aromatic heterocycles. The lowest BCUT2D eigenvalue weighted by atomic mass is 9.81. The molecule has 0 saturated heterocycles. The van der Waals surface area contributed by atoms with Crippen LogP contribution in [0.2, 0.25) is 0 Å². The molecule has 0 fully saturated rings. The first-order valence-corrected chi connectivity index (χ1v) is 5.42. The van der Waals surface area contributed by atoms with Crippen molar-refractivity contribution in [3.05, 3.63) is 22.8 Å². The lowest BCUT2D eigenvalue weighted by molar-refractivity contribution is -0.136. The fourth-order valence-electron chi connectivity index (χ4n) is 2.56. The van der Waals surface area contributed by atoms with E-state index in [0.29, 0.717) is 5.57 Å². The summed E-state index contributed by atoms with van der Waals surface area (Å²) >= 11 is 0. The third kappa shape index (κ3) is 1.61. The maximum atomic E-state index is 11.5. The lowest BCUT2D eigenvalue weighted by Crippen LogP contribution is -2.37. The number of nitrogens with two attached hydrogens (primary N) is 1. The Hall–Kier alpha value is -1.09. The number of ether oxygens (including phenoxy) is 1. The van der Waals surface area contributed by atoms with Gasteiger partial charge in [0.1, 0.15) is 0 Å². The fourth-order valence-corrected chi connectivity index (χ4v) is 2.56. The van der Waals surface area contributed by atoms with Gasteiger partial charge in [0, 0.05) is 6.04 Å². The van der Waals surface area contributed by atoms with Crippen molar-refractivity contribution < 1.29 is 9.53 Å². The minimum absolute atomic E-state index is 0.200. The highest BCUT2D eigenvalue weighted by Gasteiger charge is 2.33. The minimum atomic E-state index is -0.284. The fraction of sp³-hybridized carbons (Fsp3) is 0.583. The van der Waals surface area contributed by atoms with Gasteiger partial charge in [0.2, 0.25) is 0 Å². The molecule has 0 saturated carbocycles. The second-order valence-corrected chi connectivity index (χ2v) is 4.31. The van der Waals surface area contributed by atoms with Crippen molar-refractivity contribution in [3.8, 4) is 0 Å². The first-order valence-electron chi connectivity index (χ1n) is 5.42. The summed E-state index contributed by atoms with van der Waals surface area (Å²) in [6, 6.07) is -0.200. The van der Waals surface area contributed by atoms with Crippen molar-refractivity contribution in [1.29, 1.82) is 0 Å². The van der Waals surface area contributed by atoms with Gasteiger partial charge in [0.05, 0.1) is 12.7 Å². The van der Waals surface area contributed by atoms with E-state index in [1.54, 1.807) is 0 Å². The SMILES string of the molecule is COC(=O)C1=CC2=C(CCC2)C(C)C1N. The Balaban J connectivity index is 2.36. The monoisotopic (exact) mass is 207 g/mol. The van der Waals surface area contributed by atoms with E-state index in [0.717, 1.165) is 12.8 Å². The predicted octanol–water partition coefficient (Wildman–Crippen LogP) is 1.54. The molecule has 0 aliphatic heterocycles. The van der Waals surface area contributed by atoms with Gasteiger partial charge >= 0.3 is 5.97 Å². The second-order valence-electron chi connectivity index (χ2n) is 4.31. The maximum absolute atomic E-state index is 11.5. The Morgan fingerprint density at radius 3 is 2.93 bits per heavy atom. The molecule has 2 unspecified atom stereocenters. The van der Waals surface area contributed by atoms with Crippen LogP contribution in [0.4, 0.5) is 0 Å². The van der Waals surface area contributed by atoms with E-state index in [4.69, 9.17) is 10.5 Å². The van der Waals surface area contributed by atoms with Crippen LogP contribution in [0.3, 0.4) is 0 Å². The Bertz CT molecular complexity index is 355. The quantitative estimate of drug-likeness (QED) is 0.664. The standard InChI is InChI=1S/C12H17NO2/c1-7-9-5-3-4-8(9)6-10(11(7)13)12(14)15-2/h6-7,11H,3-5,13H2,1-2H3. The molecule has 0 aromatic carbocycles. The zero-order valence-electron chi connectivity index (χ0n) is 9.25. The van der Waals surface area contributed by atoms with Crippen molar-refractivity contribution in [1.82, 2.24) is 0 Å². The molecule has 0 radical (unpaired) electrons. The average Bonchev–Trinajstić information content (AvgIpc) is 2.70. The van der Waals surface area contributed by atoms with Gasteiger partial charge in [-0.1, -0.05) is 12.5 Å². The van der Waals surface area contributed by atoms with E-state index in [1.165, 1.54) is 24.7 Å². The van der Waals surface area contributed by atoms with E-state index in [2.05, 4.69) is 6.92 Å². The Labute approximate surface area is 90.0 Å². The lowest BCUT2D eigenvalue weighted by Gasteiger charge is -2.27. The smallest absolute Gasteiger partial charge is 0.335 e. The molecule has 3 nitrogen and oxygen atoms in total. The van der Waals surface area contributed by atoms with Gasteiger partial charge in [0.15, 0.2) is 0 Å². The van der Waals surface area contributed by atoms with E-state index in [9.17, 15) is 4.79 Å². The zero-order chi connectivity index (χ0) is 11.0. The molecule has 2 aliphatic carbocycles. The molecule has 82 valence electrons. The van der Waals surface area contributed by atoms with Crippen LogP contribution in [0.25, 0.3) is 0 Å². The molecule has 2 atom stereocenters. The van der Waals surface area contributed by atoms with Crippen molar-refractivity contribution in [3.63, 3.8) is 0 Å². The van der Waals surface area contributed by atoms with Crippen LogP contribution in [-0.2, 0) is 9.53 Å². The topological polar surface area (TPSA) is 52.3 Å².